The smallest absolute Gasteiger partial charge is 0.271 e. The Morgan fingerprint density at radius 1 is 1.43 bits per heavy atom. The molecule has 23 heavy (non-hydrogen) atoms. The fourth-order valence-electron chi connectivity index (χ4n) is 2.90. The van der Waals surface area contributed by atoms with Crippen molar-refractivity contribution in [2.24, 2.45) is 11.8 Å². The first-order chi connectivity index (χ1) is 10.9. The second-order valence-electron chi connectivity index (χ2n) is 6.10. The van der Waals surface area contributed by atoms with Crippen LogP contribution in [0.25, 0.3) is 0 Å². The second kappa shape index (κ2) is 7.64. The molecule has 2 rings (SSSR count). The zero-order valence-electron chi connectivity index (χ0n) is 13.3. The molecule has 1 aliphatic carbocycles. The number of amides is 1. The molecule has 3 atom stereocenters. The Morgan fingerprint density at radius 3 is 2.83 bits per heavy atom. The van der Waals surface area contributed by atoms with Crippen molar-refractivity contribution < 1.29 is 14.5 Å². The molecular weight excluding hydrogens is 320 g/mol. The average Bonchev–Trinajstić information content (AvgIpc) is 2.50. The van der Waals surface area contributed by atoms with Crippen molar-refractivity contribution >= 4 is 23.2 Å². The van der Waals surface area contributed by atoms with Crippen LogP contribution in [0.3, 0.4) is 0 Å². The van der Waals surface area contributed by atoms with Gasteiger partial charge in [-0.15, -0.1) is 0 Å². The molecule has 126 valence electrons. The first-order valence-electron chi connectivity index (χ1n) is 7.74. The van der Waals surface area contributed by atoms with E-state index in [9.17, 15) is 14.9 Å². The van der Waals surface area contributed by atoms with Crippen LogP contribution in [0.5, 0.6) is 5.75 Å². The minimum absolute atomic E-state index is 0.114. The molecule has 0 bridgehead atoms. The van der Waals surface area contributed by atoms with E-state index in [1.165, 1.54) is 24.6 Å². The van der Waals surface area contributed by atoms with Crippen LogP contribution < -0.4 is 10.1 Å². The summed E-state index contributed by atoms with van der Waals surface area (Å²) in [4.78, 5) is 22.2. The van der Waals surface area contributed by atoms with E-state index in [2.05, 4.69) is 19.2 Å². The predicted octanol–water partition coefficient (Wildman–Crippen LogP) is 3.57. The van der Waals surface area contributed by atoms with Crippen molar-refractivity contribution in [3.63, 3.8) is 0 Å². The van der Waals surface area contributed by atoms with E-state index in [4.69, 9.17) is 16.3 Å². The van der Waals surface area contributed by atoms with Crippen molar-refractivity contribution in [2.75, 3.05) is 6.61 Å². The number of nitrogens with one attached hydrogen (secondary N) is 1. The molecule has 0 heterocycles. The molecule has 1 aromatic carbocycles. The normalized spacial score (nSPS) is 24.0. The molecule has 0 unspecified atom stereocenters. The highest BCUT2D eigenvalue weighted by molar-refractivity contribution is 6.32. The van der Waals surface area contributed by atoms with Gasteiger partial charge in [0, 0.05) is 18.2 Å². The van der Waals surface area contributed by atoms with Gasteiger partial charge >= 0.3 is 0 Å². The van der Waals surface area contributed by atoms with Gasteiger partial charge in [-0.25, -0.2) is 0 Å². The number of nitro benzene ring substituents is 1. The van der Waals surface area contributed by atoms with E-state index in [-0.39, 0.29) is 35.0 Å². The molecule has 1 fully saturated rings. The minimum atomic E-state index is -0.534. The highest BCUT2D eigenvalue weighted by Crippen LogP contribution is 2.30. The Kier molecular flexibility index (Phi) is 5.82. The summed E-state index contributed by atoms with van der Waals surface area (Å²) >= 11 is 5.93. The zero-order chi connectivity index (χ0) is 17.0. The summed E-state index contributed by atoms with van der Waals surface area (Å²) in [6, 6.07) is 4.07. The molecule has 6 nitrogen and oxygen atoms in total. The third kappa shape index (κ3) is 4.58. The summed E-state index contributed by atoms with van der Waals surface area (Å²) in [6.45, 7) is 4.20. The van der Waals surface area contributed by atoms with E-state index >= 15 is 0 Å². The van der Waals surface area contributed by atoms with Gasteiger partial charge in [-0.2, -0.15) is 0 Å². The monoisotopic (exact) mass is 340 g/mol. The van der Waals surface area contributed by atoms with Crippen LogP contribution in [-0.2, 0) is 4.79 Å². The summed E-state index contributed by atoms with van der Waals surface area (Å²) in [6.07, 6.45) is 3.30. The summed E-state index contributed by atoms with van der Waals surface area (Å²) in [5.41, 5.74) is -0.114. The topological polar surface area (TPSA) is 81.5 Å². The van der Waals surface area contributed by atoms with Gasteiger partial charge in [-0.05, 0) is 24.3 Å². The van der Waals surface area contributed by atoms with Gasteiger partial charge in [-0.1, -0.05) is 38.3 Å². The lowest BCUT2D eigenvalue weighted by Gasteiger charge is -2.34. The maximum absolute atomic E-state index is 12.0. The molecule has 1 amide bonds. The lowest BCUT2D eigenvalue weighted by atomic mass is 9.78. The lowest BCUT2D eigenvalue weighted by Crippen LogP contribution is -2.45. The van der Waals surface area contributed by atoms with E-state index in [1.807, 2.05) is 0 Å². The molecular formula is C16H21ClN2O4. The maximum Gasteiger partial charge on any atom is 0.271 e. The molecule has 1 aliphatic rings. The molecule has 7 heteroatoms. The number of nitrogens with zero attached hydrogens (tertiary/aromatic N) is 1. The fourth-order valence-corrected chi connectivity index (χ4v) is 3.13. The standard InChI is InChI=1S/C16H21ClN2O4/c1-10-4-3-5-14(11(10)2)18-16(20)9-23-15-7-6-12(19(21)22)8-13(15)17/h6-8,10-11,14H,3-5,9H2,1-2H3,(H,18,20)/t10-,11+,14-/m0/s1. The van der Waals surface area contributed by atoms with Gasteiger partial charge in [0.1, 0.15) is 5.75 Å². The molecule has 1 saturated carbocycles. The average molecular weight is 341 g/mol. The largest absolute Gasteiger partial charge is 0.482 e. The molecule has 1 aromatic rings. The third-order valence-electron chi connectivity index (χ3n) is 4.54. The van der Waals surface area contributed by atoms with Gasteiger partial charge in [0.05, 0.1) is 9.95 Å². The number of hydrogen-bond acceptors (Lipinski definition) is 4. The molecule has 0 aromatic heterocycles. The van der Waals surface area contributed by atoms with Gasteiger partial charge in [0.25, 0.3) is 11.6 Å². The summed E-state index contributed by atoms with van der Waals surface area (Å²) in [5, 5.41) is 13.8. The second-order valence-corrected chi connectivity index (χ2v) is 6.51. The van der Waals surface area contributed by atoms with Crippen LogP contribution >= 0.6 is 11.6 Å². The van der Waals surface area contributed by atoms with Gasteiger partial charge in [0.2, 0.25) is 0 Å². The van der Waals surface area contributed by atoms with Crippen molar-refractivity contribution in [1.82, 2.24) is 5.32 Å². The Hall–Kier alpha value is -1.82. The summed E-state index contributed by atoms with van der Waals surface area (Å²) in [7, 11) is 0. The first kappa shape index (κ1) is 17.5. The number of carbonyl (C=O) groups excluding carboxylic acids is 1. The highest BCUT2D eigenvalue weighted by atomic mass is 35.5. The number of rotatable bonds is 5. The fraction of sp³-hybridized carbons (Fsp3) is 0.562. The van der Waals surface area contributed by atoms with E-state index in [1.54, 1.807) is 0 Å². The van der Waals surface area contributed by atoms with Crippen LogP contribution in [-0.4, -0.2) is 23.5 Å². The van der Waals surface area contributed by atoms with Gasteiger partial charge < -0.3 is 10.1 Å². The number of nitro groups is 1. The molecule has 0 aliphatic heterocycles. The first-order valence-corrected chi connectivity index (χ1v) is 8.12. The Morgan fingerprint density at radius 2 is 2.17 bits per heavy atom. The Bertz CT molecular complexity index is 593. The number of ether oxygens (including phenoxy) is 1. The Balaban J connectivity index is 1.88. The number of benzene rings is 1. The molecule has 0 radical (unpaired) electrons. The van der Waals surface area contributed by atoms with Crippen molar-refractivity contribution in [3.05, 3.63) is 33.3 Å². The van der Waals surface area contributed by atoms with Crippen molar-refractivity contribution in [1.29, 1.82) is 0 Å². The van der Waals surface area contributed by atoms with Crippen molar-refractivity contribution in [3.8, 4) is 5.75 Å². The Labute approximate surface area is 140 Å². The number of carbonyl (C=O) groups is 1. The van der Waals surface area contributed by atoms with Crippen LogP contribution in [0, 0.1) is 22.0 Å². The minimum Gasteiger partial charge on any atom is -0.482 e. The molecule has 0 saturated heterocycles. The quantitative estimate of drug-likeness (QED) is 0.656. The maximum atomic E-state index is 12.0. The van der Waals surface area contributed by atoms with Crippen LogP contribution in [0.1, 0.15) is 33.1 Å². The summed E-state index contributed by atoms with van der Waals surface area (Å²) in [5.74, 6) is 1.09. The lowest BCUT2D eigenvalue weighted by molar-refractivity contribution is -0.384. The van der Waals surface area contributed by atoms with Crippen LogP contribution in [0.2, 0.25) is 5.02 Å². The van der Waals surface area contributed by atoms with Gasteiger partial charge in [0.15, 0.2) is 6.61 Å². The number of halogens is 1. The summed E-state index contributed by atoms with van der Waals surface area (Å²) < 4.78 is 5.37. The van der Waals surface area contributed by atoms with E-state index in [0.29, 0.717) is 11.8 Å². The highest BCUT2D eigenvalue weighted by Gasteiger charge is 2.28. The van der Waals surface area contributed by atoms with Crippen molar-refractivity contribution in [2.45, 2.75) is 39.2 Å². The number of hydrogen-bond donors (Lipinski definition) is 1. The predicted molar refractivity (Wildman–Crippen MR) is 87.7 cm³/mol. The van der Waals surface area contributed by atoms with E-state index < -0.39 is 4.92 Å². The molecule has 0 spiro atoms. The van der Waals surface area contributed by atoms with Crippen LogP contribution in [0.15, 0.2) is 18.2 Å². The van der Waals surface area contributed by atoms with Gasteiger partial charge in [-0.3, -0.25) is 14.9 Å². The van der Waals surface area contributed by atoms with Crippen LogP contribution in [0.4, 0.5) is 5.69 Å². The SMILES string of the molecule is C[C@H]1[C@@H](NC(=O)COc2ccc([N+](=O)[O-])cc2Cl)CCC[C@@H]1C. The zero-order valence-corrected chi connectivity index (χ0v) is 14.0. The third-order valence-corrected chi connectivity index (χ3v) is 4.83. The van der Waals surface area contributed by atoms with E-state index in [0.717, 1.165) is 12.8 Å². The number of non-ortho nitro benzene ring substituents is 1. The molecule has 1 N–H and O–H groups in total.